The minimum atomic E-state index is -0.478. The maximum absolute atomic E-state index is 13.1. The molecule has 5 heterocycles. The Morgan fingerprint density at radius 3 is 2.49 bits per heavy atom. The first kappa shape index (κ1) is 23.0. The van der Waals surface area contributed by atoms with E-state index in [0.717, 1.165) is 30.9 Å². The molecular weight excluding hydrogens is 466 g/mol. The van der Waals surface area contributed by atoms with E-state index in [2.05, 4.69) is 38.7 Å². The van der Waals surface area contributed by atoms with Crippen LogP contribution in [0, 0.1) is 5.92 Å². The molecule has 0 bridgehead atoms. The lowest BCUT2D eigenvalue weighted by molar-refractivity contribution is 0.262. The molecule has 1 N–H and O–H groups in total. The van der Waals surface area contributed by atoms with E-state index in [1.165, 1.54) is 13.3 Å². The molecule has 0 spiro atoms. The van der Waals surface area contributed by atoms with Crippen molar-refractivity contribution in [3.05, 3.63) is 51.6 Å². The fourth-order valence-corrected chi connectivity index (χ4v) is 4.74. The van der Waals surface area contributed by atoms with Crippen molar-refractivity contribution in [2.24, 2.45) is 5.92 Å². The summed E-state index contributed by atoms with van der Waals surface area (Å²) in [6.45, 7) is 5.68. The van der Waals surface area contributed by atoms with Gasteiger partial charge in [-0.25, -0.2) is 19.7 Å². The summed E-state index contributed by atoms with van der Waals surface area (Å²) < 4.78 is 6.72. The molecule has 5 rings (SSSR count). The molecule has 0 unspecified atom stereocenters. The highest BCUT2D eigenvalue weighted by molar-refractivity contribution is 7.80. The van der Waals surface area contributed by atoms with Crippen LogP contribution in [0.5, 0.6) is 6.01 Å². The number of aromatic amines is 1. The van der Waals surface area contributed by atoms with Gasteiger partial charge in [0.2, 0.25) is 0 Å². The molecule has 0 radical (unpaired) electrons. The predicted molar refractivity (Wildman–Crippen MR) is 137 cm³/mol. The number of hydrogen-bond donors (Lipinski definition) is 1. The largest absolute Gasteiger partial charge is 0.467 e. The molecule has 1 saturated heterocycles. The van der Waals surface area contributed by atoms with Crippen molar-refractivity contribution in [1.29, 1.82) is 0 Å². The van der Waals surface area contributed by atoms with Crippen molar-refractivity contribution >= 4 is 39.1 Å². The Kier molecular flexibility index (Phi) is 6.01. The van der Waals surface area contributed by atoms with Crippen LogP contribution in [0.1, 0.15) is 32.7 Å². The van der Waals surface area contributed by atoms with Crippen LogP contribution < -0.4 is 16.0 Å². The molecule has 1 aliphatic heterocycles. The number of aromatic nitrogens is 6. The number of fused-ring (bicyclic) bond motifs is 3. The summed E-state index contributed by atoms with van der Waals surface area (Å²) >= 11 is 5.59. The number of rotatable bonds is 4. The zero-order valence-electron chi connectivity index (χ0n) is 19.7. The number of likely N-dealkylation sites (tertiary alicyclic amines) is 1. The van der Waals surface area contributed by atoms with Crippen molar-refractivity contribution in [2.45, 2.75) is 32.7 Å². The molecule has 0 saturated carbocycles. The third-order valence-electron chi connectivity index (χ3n) is 6.35. The zero-order chi connectivity index (χ0) is 24.7. The van der Waals surface area contributed by atoms with Gasteiger partial charge in [-0.1, -0.05) is 26.1 Å². The van der Waals surface area contributed by atoms with Gasteiger partial charge in [0.15, 0.2) is 0 Å². The fraction of sp³-hybridized carbons (Fsp3) is 0.375. The Bertz CT molecular complexity index is 1540. The molecule has 1 fully saturated rings. The van der Waals surface area contributed by atoms with Gasteiger partial charge in [-0.05, 0) is 25.0 Å². The normalized spacial score (nSPS) is 14.7. The summed E-state index contributed by atoms with van der Waals surface area (Å²) in [6.07, 6.45) is 6.19. The van der Waals surface area contributed by atoms with Gasteiger partial charge in [0.25, 0.3) is 5.56 Å². The number of H-pyrrole nitrogens is 1. The van der Waals surface area contributed by atoms with Gasteiger partial charge in [0.1, 0.15) is 5.52 Å². The molecular formula is C24H25N7O3S. The maximum atomic E-state index is 13.1. The molecule has 0 aromatic carbocycles. The molecule has 4 aromatic heterocycles. The number of thiocarbonyl (C=S) groups is 1. The van der Waals surface area contributed by atoms with Crippen molar-refractivity contribution in [1.82, 2.24) is 34.4 Å². The Labute approximate surface area is 206 Å². The van der Waals surface area contributed by atoms with Crippen LogP contribution in [0.3, 0.4) is 0 Å². The van der Waals surface area contributed by atoms with Crippen LogP contribution in [0.15, 0.2) is 40.3 Å². The standard InChI is InChI=1S/C24H25N7O3S/c1-13(2)22(35)30-8-6-15(7-9-30)31-20-16(21(32)29-24(31)33)12-25-18-5-4-17(28-19(18)20)14-10-26-23(34-3)27-11-14/h4-5,10-13,15H,6-9H2,1-3H3,(H,29,32,33). The van der Waals surface area contributed by atoms with Crippen LogP contribution >= 0.6 is 12.2 Å². The number of piperidine rings is 1. The quantitative estimate of drug-likeness (QED) is 0.339. The maximum Gasteiger partial charge on any atom is 0.329 e. The lowest BCUT2D eigenvalue weighted by Crippen LogP contribution is -2.43. The summed E-state index contributed by atoms with van der Waals surface area (Å²) in [4.78, 5) is 49.0. The van der Waals surface area contributed by atoms with Gasteiger partial charge in [0, 0.05) is 49.2 Å². The molecule has 4 aromatic rings. The van der Waals surface area contributed by atoms with Crippen LogP contribution in [-0.4, -0.2) is 59.6 Å². The summed E-state index contributed by atoms with van der Waals surface area (Å²) in [5.41, 5.74) is 1.93. The van der Waals surface area contributed by atoms with E-state index >= 15 is 0 Å². The second-order valence-corrected chi connectivity index (χ2v) is 9.30. The molecule has 0 atom stereocenters. The Morgan fingerprint density at radius 2 is 1.83 bits per heavy atom. The molecule has 180 valence electrons. The number of ether oxygens (including phenoxy) is 1. The van der Waals surface area contributed by atoms with Crippen LogP contribution in [0.2, 0.25) is 0 Å². The second kappa shape index (κ2) is 9.14. The summed E-state index contributed by atoms with van der Waals surface area (Å²) in [6, 6.07) is 3.78. The van der Waals surface area contributed by atoms with Gasteiger partial charge in [0.05, 0.1) is 34.2 Å². The Morgan fingerprint density at radius 1 is 1.11 bits per heavy atom. The summed E-state index contributed by atoms with van der Waals surface area (Å²) in [5.74, 6) is 0.290. The van der Waals surface area contributed by atoms with Crippen LogP contribution in [0.25, 0.3) is 33.2 Å². The van der Waals surface area contributed by atoms with E-state index in [0.29, 0.717) is 33.2 Å². The fourth-order valence-electron chi connectivity index (χ4n) is 4.56. The van der Waals surface area contributed by atoms with Gasteiger partial charge in [-0.3, -0.25) is 19.3 Å². The van der Waals surface area contributed by atoms with Gasteiger partial charge < -0.3 is 9.64 Å². The van der Waals surface area contributed by atoms with Crippen LogP contribution in [-0.2, 0) is 0 Å². The predicted octanol–water partition coefficient (Wildman–Crippen LogP) is 2.72. The molecule has 35 heavy (non-hydrogen) atoms. The topological polar surface area (TPSA) is 119 Å². The zero-order valence-corrected chi connectivity index (χ0v) is 20.5. The number of methoxy groups -OCH3 is 1. The van der Waals surface area contributed by atoms with Crippen molar-refractivity contribution in [3.8, 4) is 17.3 Å². The van der Waals surface area contributed by atoms with Crippen molar-refractivity contribution in [2.75, 3.05) is 20.2 Å². The third kappa shape index (κ3) is 4.16. The Balaban J connectivity index is 1.65. The number of nitrogens with zero attached hydrogens (tertiary/aromatic N) is 6. The number of pyridine rings is 2. The van der Waals surface area contributed by atoms with E-state index in [-0.39, 0.29) is 18.0 Å². The molecule has 11 heteroatoms. The van der Waals surface area contributed by atoms with Gasteiger partial charge in [-0.2, -0.15) is 0 Å². The highest BCUT2D eigenvalue weighted by Gasteiger charge is 2.26. The summed E-state index contributed by atoms with van der Waals surface area (Å²) in [5, 5.41) is 0.327. The van der Waals surface area contributed by atoms with E-state index in [1.807, 2.05) is 12.1 Å². The van der Waals surface area contributed by atoms with Crippen molar-refractivity contribution < 1.29 is 4.74 Å². The highest BCUT2D eigenvalue weighted by atomic mass is 32.1. The van der Waals surface area contributed by atoms with E-state index in [4.69, 9.17) is 21.9 Å². The lowest BCUT2D eigenvalue weighted by Gasteiger charge is -2.36. The highest BCUT2D eigenvalue weighted by Crippen LogP contribution is 2.29. The average Bonchev–Trinajstić information content (AvgIpc) is 2.88. The third-order valence-corrected chi connectivity index (χ3v) is 7.08. The monoisotopic (exact) mass is 491 g/mol. The second-order valence-electron chi connectivity index (χ2n) is 8.88. The number of nitrogens with one attached hydrogen (secondary N) is 1. The van der Waals surface area contributed by atoms with E-state index < -0.39 is 11.2 Å². The molecule has 0 aliphatic carbocycles. The molecule has 0 amide bonds. The Hall–Kier alpha value is -3.73. The molecule has 10 nitrogen and oxygen atoms in total. The van der Waals surface area contributed by atoms with Gasteiger partial charge in [-0.15, -0.1) is 0 Å². The van der Waals surface area contributed by atoms with Gasteiger partial charge >= 0.3 is 11.7 Å². The summed E-state index contributed by atoms with van der Waals surface area (Å²) in [7, 11) is 1.50. The van der Waals surface area contributed by atoms with Crippen molar-refractivity contribution in [3.63, 3.8) is 0 Å². The number of hydrogen-bond acceptors (Lipinski definition) is 8. The first-order valence-corrected chi connectivity index (χ1v) is 11.9. The minimum Gasteiger partial charge on any atom is -0.467 e. The lowest BCUT2D eigenvalue weighted by atomic mass is 10.0. The van der Waals surface area contributed by atoms with E-state index in [1.54, 1.807) is 17.0 Å². The van der Waals surface area contributed by atoms with Crippen LogP contribution in [0.4, 0.5) is 0 Å². The smallest absolute Gasteiger partial charge is 0.329 e. The van der Waals surface area contributed by atoms with E-state index in [9.17, 15) is 9.59 Å². The minimum absolute atomic E-state index is 0.103. The SMILES string of the molecule is COc1ncc(-c2ccc3ncc4c(=O)[nH]c(=O)n(C5CCN(C(=S)C(C)C)CC5)c4c3n2)cn1. The first-order valence-electron chi connectivity index (χ1n) is 11.5. The first-order chi connectivity index (χ1) is 16.9. The molecule has 1 aliphatic rings. The average molecular weight is 492 g/mol.